The molecule has 0 amide bonds. The zero-order chi connectivity index (χ0) is 15.1. The van der Waals surface area contributed by atoms with Crippen LogP contribution in [0.1, 0.15) is 72.1 Å². The first-order valence-electron chi connectivity index (χ1n) is 8.70. The van der Waals surface area contributed by atoms with Gasteiger partial charge in [-0.05, 0) is 50.4 Å². The molecule has 1 fully saturated rings. The second-order valence-corrected chi connectivity index (χ2v) is 12.8. The highest BCUT2D eigenvalue weighted by Gasteiger charge is 2.36. The molecule has 0 radical (unpaired) electrons. The molecule has 0 saturated heterocycles. The van der Waals surface area contributed by atoms with Crippen molar-refractivity contribution in [1.82, 2.24) is 5.32 Å². The van der Waals surface area contributed by atoms with Crippen LogP contribution in [-0.4, -0.2) is 27.5 Å². The van der Waals surface area contributed by atoms with E-state index in [1.165, 1.54) is 57.9 Å². The molecule has 20 heavy (non-hydrogen) atoms. The largest absolute Gasteiger partial charge is 0.417 e. The molecule has 0 aromatic heterocycles. The van der Waals surface area contributed by atoms with E-state index in [4.69, 9.17) is 4.43 Å². The lowest BCUT2D eigenvalue weighted by Gasteiger charge is -2.36. The van der Waals surface area contributed by atoms with Crippen LogP contribution in [0.15, 0.2) is 0 Å². The van der Waals surface area contributed by atoms with E-state index < -0.39 is 8.32 Å². The SMILES string of the molecule is CC(C)(C)[Si](C)(C)OCCCCCCNC1CCCC1. The molecule has 1 aliphatic rings. The molecule has 0 aromatic carbocycles. The van der Waals surface area contributed by atoms with Gasteiger partial charge < -0.3 is 9.74 Å². The van der Waals surface area contributed by atoms with Gasteiger partial charge in [-0.15, -0.1) is 0 Å². The van der Waals surface area contributed by atoms with Crippen molar-refractivity contribution in [3.05, 3.63) is 0 Å². The second-order valence-electron chi connectivity index (χ2n) is 7.96. The van der Waals surface area contributed by atoms with Crippen LogP contribution < -0.4 is 5.32 Å². The van der Waals surface area contributed by atoms with Gasteiger partial charge in [-0.3, -0.25) is 0 Å². The minimum atomic E-state index is -1.51. The first-order valence-corrected chi connectivity index (χ1v) is 11.6. The van der Waals surface area contributed by atoms with Gasteiger partial charge in [0.2, 0.25) is 0 Å². The van der Waals surface area contributed by atoms with Crippen LogP contribution in [-0.2, 0) is 4.43 Å². The lowest BCUT2D eigenvalue weighted by Crippen LogP contribution is -2.40. The zero-order valence-electron chi connectivity index (χ0n) is 14.6. The lowest BCUT2D eigenvalue weighted by atomic mass is 10.2. The van der Waals surface area contributed by atoms with E-state index in [0.29, 0.717) is 5.04 Å². The highest BCUT2D eigenvalue weighted by Crippen LogP contribution is 2.36. The molecule has 0 bridgehead atoms. The molecule has 0 atom stereocenters. The van der Waals surface area contributed by atoms with Crippen LogP contribution >= 0.6 is 0 Å². The van der Waals surface area contributed by atoms with E-state index in [1.54, 1.807) is 0 Å². The summed E-state index contributed by atoms with van der Waals surface area (Å²) < 4.78 is 6.20. The average molecular weight is 300 g/mol. The Hall–Kier alpha value is 0.137. The molecule has 2 nitrogen and oxygen atoms in total. The smallest absolute Gasteiger partial charge is 0.191 e. The summed E-state index contributed by atoms with van der Waals surface area (Å²) >= 11 is 0. The number of hydrogen-bond acceptors (Lipinski definition) is 2. The molecule has 0 aliphatic heterocycles. The highest BCUT2D eigenvalue weighted by molar-refractivity contribution is 6.74. The van der Waals surface area contributed by atoms with Gasteiger partial charge in [-0.2, -0.15) is 0 Å². The maximum atomic E-state index is 6.20. The highest BCUT2D eigenvalue weighted by atomic mass is 28.4. The predicted octanol–water partition coefficient (Wildman–Crippen LogP) is 5.10. The molecule has 0 unspecified atom stereocenters. The van der Waals surface area contributed by atoms with Crippen molar-refractivity contribution >= 4 is 8.32 Å². The fraction of sp³-hybridized carbons (Fsp3) is 1.00. The number of nitrogens with one attached hydrogen (secondary N) is 1. The summed E-state index contributed by atoms with van der Waals surface area (Å²) in [5.41, 5.74) is 0. The molecular weight excluding hydrogens is 262 g/mol. The third kappa shape index (κ3) is 6.73. The Balaban J connectivity index is 1.92. The second kappa shape index (κ2) is 8.55. The molecule has 1 saturated carbocycles. The molecule has 1 N–H and O–H groups in total. The first-order chi connectivity index (χ1) is 9.33. The summed E-state index contributed by atoms with van der Waals surface area (Å²) in [7, 11) is -1.51. The third-order valence-corrected chi connectivity index (χ3v) is 9.67. The molecular formula is C17H37NOSi. The van der Waals surface area contributed by atoms with E-state index >= 15 is 0 Å². The van der Waals surface area contributed by atoms with Gasteiger partial charge in [0.1, 0.15) is 0 Å². The standard InChI is InChI=1S/C17H37NOSi/c1-17(2,3)20(4,5)19-15-11-7-6-10-14-18-16-12-8-9-13-16/h16,18H,6-15H2,1-5H3. The zero-order valence-corrected chi connectivity index (χ0v) is 15.6. The van der Waals surface area contributed by atoms with E-state index in [1.807, 2.05) is 0 Å². The average Bonchev–Trinajstić information content (AvgIpc) is 2.84. The molecule has 1 rings (SSSR count). The van der Waals surface area contributed by atoms with Gasteiger partial charge in [-0.25, -0.2) is 0 Å². The third-order valence-electron chi connectivity index (χ3n) is 5.13. The molecule has 0 aromatic rings. The summed E-state index contributed by atoms with van der Waals surface area (Å²) in [5.74, 6) is 0. The predicted molar refractivity (Wildman–Crippen MR) is 91.9 cm³/mol. The van der Waals surface area contributed by atoms with E-state index in [0.717, 1.165) is 12.6 Å². The number of unbranched alkanes of at least 4 members (excludes halogenated alkanes) is 3. The fourth-order valence-electron chi connectivity index (χ4n) is 2.56. The summed E-state index contributed by atoms with van der Waals surface area (Å²) in [6.45, 7) is 13.8. The lowest BCUT2D eigenvalue weighted by molar-refractivity contribution is 0.277. The Morgan fingerprint density at radius 1 is 1.00 bits per heavy atom. The van der Waals surface area contributed by atoms with Crippen LogP contribution in [0.25, 0.3) is 0 Å². The van der Waals surface area contributed by atoms with Crippen LogP contribution in [0, 0.1) is 0 Å². The monoisotopic (exact) mass is 299 g/mol. The normalized spacial score (nSPS) is 17.9. The van der Waals surface area contributed by atoms with Crippen molar-refractivity contribution in [2.45, 2.75) is 96.3 Å². The van der Waals surface area contributed by atoms with Crippen molar-refractivity contribution in [2.24, 2.45) is 0 Å². The summed E-state index contributed by atoms with van der Waals surface area (Å²) in [6, 6.07) is 0.830. The molecule has 0 spiro atoms. The number of rotatable bonds is 9. The molecule has 1 aliphatic carbocycles. The van der Waals surface area contributed by atoms with Crippen molar-refractivity contribution in [1.29, 1.82) is 0 Å². The minimum Gasteiger partial charge on any atom is -0.417 e. The Bertz CT molecular complexity index is 254. The maximum absolute atomic E-state index is 6.20. The Labute approximate surface area is 128 Å². The van der Waals surface area contributed by atoms with Gasteiger partial charge in [0.25, 0.3) is 0 Å². The van der Waals surface area contributed by atoms with Crippen LogP contribution in [0.2, 0.25) is 18.1 Å². The first kappa shape index (κ1) is 18.2. The number of hydrogen-bond donors (Lipinski definition) is 1. The van der Waals surface area contributed by atoms with Gasteiger partial charge in [-0.1, -0.05) is 46.5 Å². The van der Waals surface area contributed by atoms with Gasteiger partial charge >= 0.3 is 0 Å². The van der Waals surface area contributed by atoms with E-state index in [9.17, 15) is 0 Å². The molecule has 0 heterocycles. The Morgan fingerprint density at radius 2 is 1.60 bits per heavy atom. The van der Waals surface area contributed by atoms with Crippen molar-refractivity contribution in [3.63, 3.8) is 0 Å². The topological polar surface area (TPSA) is 21.3 Å². The van der Waals surface area contributed by atoms with Crippen molar-refractivity contribution in [2.75, 3.05) is 13.2 Å². The summed E-state index contributed by atoms with van der Waals surface area (Å²) in [6.07, 6.45) is 10.9. The quantitative estimate of drug-likeness (QED) is 0.472. The van der Waals surface area contributed by atoms with Gasteiger partial charge in [0.05, 0.1) is 0 Å². The maximum Gasteiger partial charge on any atom is 0.191 e. The van der Waals surface area contributed by atoms with Gasteiger partial charge in [0, 0.05) is 12.6 Å². The van der Waals surface area contributed by atoms with E-state index in [2.05, 4.69) is 39.2 Å². The van der Waals surface area contributed by atoms with Crippen molar-refractivity contribution < 1.29 is 4.43 Å². The Morgan fingerprint density at radius 3 is 2.20 bits per heavy atom. The van der Waals surface area contributed by atoms with Crippen LogP contribution in [0.3, 0.4) is 0 Å². The fourth-order valence-corrected chi connectivity index (χ4v) is 3.65. The molecule has 3 heteroatoms. The van der Waals surface area contributed by atoms with E-state index in [-0.39, 0.29) is 0 Å². The van der Waals surface area contributed by atoms with Crippen LogP contribution in [0.5, 0.6) is 0 Å². The van der Waals surface area contributed by atoms with Crippen molar-refractivity contribution in [3.8, 4) is 0 Å². The molecule has 120 valence electrons. The van der Waals surface area contributed by atoms with Gasteiger partial charge in [0.15, 0.2) is 8.32 Å². The summed E-state index contributed by atoms with van der Waals surface area (Å²) in [4.78, 5) is 0. The summed E-state index contributed by atoms with van der Waals surface area (Å²) in [5, 5.41) is 4.04. The Kier molecular flexibility index (Phi) is 7.77. The minimum absolute atomic E-state index is 0.345. The van der Waals surface area contributed by atoms with Crippen LogP contribution in [0.4, 0.5) is 0 Å².